The highest BCUT2D eigenvalue weighted by Crippen LogP contribution is 2.45. The summed E-state index contributed by atoms with van der Waals surface area (Å²) in [4.78, 5) is -4.30. The predicted molar refractivity (Wildman–Crippen MR) is 109 cm³/mol. The quantitative estimate of drug-likeness (QED) is 0.627. The van der Waals surface area contributed by atoms with Crippen LogP contribution in [0, 0.1) is 0 Å². The summed E-state index contributed by atoms with van der Waals surface area (Å²) in [6.07, 6.45) is 2.62. The van der Waals surface area contributed by atoms with Crippen LogP contribution in [-0.4, -0.2) is 18.6 Å². The minimum atomic E-state index is -4.40. The Morgan fingerprint density at radius 2 is 1.04 bits per heavy atom. The van der Waals surface area contributed by atoms with E-state index in [0.29, 0.717) is 24.0 Å². The smallest absolute Gasteiger partial charge is 0.217 e. The van der Waals surface area contributed by atoms with Gasteiger partial charge in [-0.15, -0.1) is 0 Å². The average Bonchev–Trinajstić information content (AvgIpc) is 2.71. The maximum atomic E-state index is 13.8. The van der Waals surface area contributed by atoms with Crippen molar-refractivity contribution in [2.45, 2.75) is 62.2 Å². The van der Waals surface area contributed by atoms with Crippen LogP contribution in [0.15, 0.2) is 60.7 Å². The molecule has 148 valence electrons. The minimum absolute atomic E-state index is 0.0388. The van der Waals surface area contributed by atoms with Crippen LogP contribution < -0.4 is 0 Å². The summed E-state index contributed by atoms with van der Waals surface area (Å²) < 4.78 is 27.6. The van der Waals surface area contributed by atoms with Crippen molar-refractivity contribution in [1.29, 1.82) is 0 Å². The maximum Gasteiger partial charge on any atom is 0.217 e. The van der Waals surface area contributed by atoms with Crippen molar-refractivity contribution in [3.8, 4) is 0 Å². The SMILES string of the molecule is CCCCC(O)(c1ccccc1)S(=O)(=O)C(O)(CCCC)c1ccccc1. The highest BCUT2D eigenvalue weighted by Gasteiger charge is 2.56. The van der Waals surface area contributed by atoms with Crippen LogP contribution in [-0.2, 0) is 19.7 Å². The molecular weight excluding hydrogens is 360 g/mol. The first-order valence-corrected chi connectivity index (χ1v) is 11.1. The predicted octanol–water partition coefficient (Wildman–Crippen LogP) is 4.47. The first kappa shape index (κ1) is 21.6. The van der Waals surface area contributed by atoms with E-state index in [1.807, 2.05) is 13.8 Å². The van der Waals surface area contributed by atoms with E-state index in [9.17, 15) is 18.6 Å². The average molecular weight is 391 g/mol. The Hall–Kier alpha value is -1.69. The molecule has 0 aliphatic rings. The molecule has 0 aliphatic carbocycles. The Kier molecular flexibility index (Phi) is 7.20. The zero-order valence-corrected chi connectivity index (χ0v) is 17.0. The third-order valence-corrected chi connectivity index (χ3v) is 7.74. The Balaban J connectivity index is 2.66. The third-order valence-electron chi connectivity index (χ3n) is 5.08. The van der Waals surface area contributed by atoms with Gasteiger partial charge in [0.05, 0.1) is 0 Å². The Morgan fingerprint density at radius 3 is 1.33 bits per heavy atom. The van der Waals surface area contributed by atoms with Crippen molar-refractivity contribution in [3.05, 3.63) is 71.8 Å². The monoisotopic (exact) mass is 390 g/mol. The van der Waals surface area contributed by atoms with Crippen molar-refractivity contribution in [3.63, 3.8) is 0 Å². The molecule has 2 aromatic rings. The highest BCUT2D eigenvalue weighted by molar-refractivity contribution is 7.93. The molecule has 0 bridgehead atoms. The van der Waals surface area contributed by atoms with Crippen LogP contribution in [0.25, 0.3) is 0 Å². The number of unbranched alkanes of at least 4 members (excludes halogenated alkanes) is 2. The number of sulfone groups is 1. The first-order valence-electron chi connectivity index (χ1n) is 9.63. The van der Waals surface area contributed by atoms with E-state index in [2.05, 4.69) is 0 Å². The second kappa shape index (κ2) is 9.00. The van der Waals surface area contributed by atoms with Crippen molar-refractivity contribution >= 4 is 9.84 Å². The lowest BCUT2D eigenvalue weighted by Crippen LogP contribution is -2.49. The standard InChI is InChI=1S/C22H30O4S/c1-3-5-17-21(23,19-13-9-7-10-14-19)27(25,26)22(24,18-6-4-2)20-15-11-8-12-16-20/h7-16,23-24H,3-6,17-18H2,1-2H3. The van der Waals surface area contributed by atoms with Crippen LogP contribution in [0.5, 0.6) is 0 Å². The maximum absolute atomic E-state index is 13.8. The summed E-state index contributed by atoms with van der Waals surface area (Å²) in [6.45, 7) is 3.89. The molecule has 0 aliphatic heterocycles. The molecule has 0 radical (unpaired) electrons. The molecule has 2 rings (SSSR count). The molecule has 0 saturated carbocycles. The van der Waals surface area contributed by atoms with Gasteiger partial charge in [-0.3, -0.25) is 0 Å². The second-order valence-electron chi connectivity index (χ2n) is 7.01. The van der Waals surface area contributed by atoms with Crippen LogP contribution in [0.4, 0.5) is 0 Å². The molecule has 5 heteroatoms. The molecule has 0 aromatic heterocycles. The number of rotatable bonds is 10. The minimum Gasteiger partial charge on any atom is -0.371 e. The van der Waals surface area contributed by atoms with Gasteiger partial charge in [-0.2, -0.15) is 0 Å². The van der Waals surface area contributed by atoms with Crippen molar-refractivity contribution < 1.29 is 18.6 Å². The Labute approximate surface area is 162 Å². The van der Waals surface area contributed by atoms with Crippen molar-refractivity contribution in [2.24, 2.45) is 0 Å². The zero-order chi connectivity index (χ0) is 20.0. The van der Waals surface area contributed by atoms with E-state index in [0.717, 1.165) is 12.8 Å². The highest BCUT2D eigenvalue weighted by atomic mass is 32.2. The molecule has 0 heterocycles. The largest absolute Gasteiger partial charge is 0.371 e. The summed E-state index contributed by atoms with van der Waals surface area (Å²) in [6, 6.07) is 16.8. The molecule has 0 saturated heterocycles. The van der Waals surface area contributed by atoms with Gasteiger partial charge in [-0.25, -0.2) is 8.42 Å². The molecule has 2 aromatic carbocycles. The van der Waals surface area contributed by atoms with Crippen LogP contribution in [0.3, 0.4) is 0 Å². The van der Waals surface area contributed by atoms with E-state index in [1.54, 1.807) is 60.7 Å². The molecular formula is C22H30O4S. The van der Waals surface area contributed by atoms with Crippen LogP contribution >= 0.6 is 0 Å². The van der Waals surface area contributed by atoms with Gasteiger partial charge in [0.1, 0.15) is 0 Å². The number of hydrogen-bond acceptors (Lipinski definition) is 4. The van der Waals surface area contributed by atoms with Crippen LogP contribution in [0.1, 0.15) is 63.5 Å². The van der Waals surface area contributed by atoms with E-state index in [4.69, 9.17) is 0 Å². The zero-order valence-electron chi connectivity index (χ0n) is 16.1. The molecule has 27 heavy (non-hydrogen) atoms. The molecule has 0 amide bonds. The summed E-state index contributed by atoms with van der Waals surface area (Å²) >= 11 is 0. The summed E-state index contributed by atoms with van der Waals surface area (Å²) in [7, 11) is -4.40. The molecule has 2 unspecified atom stereocenters. The van der Waals surface area contributed by atoms with Gasteiger partial charge in [0, 0.05) is 0 Å². The van der Waals surface area contributed by atoms with Gasteiger partial charge in [0.2, 0.25) is 9.84 Å². The molecule has 2 atom stereocenters. The summed E-state index contributed by atoms with van der Waals surface area (Å²) in [5.41, 5.74) is 0.591. The van der Waals surface area contributed by atoms with Gasteiger partial charge in [0.15, 0.2) is 9.87 Å². The summed E-state index contributed by atoms with van der Waals surface area (Å²) in [5, 5.41) is 23.0. The van der Waals surface area contributed by atoms with Crippen LogP contribution in [0.2, 0.25) is 0 Å². The lowest BCUT2D eigenvalue weighted by molar-refractivity contribution is 0.0664. The number of hydrogen-bond donors (Lipinski definition) is 2. The third kappa shape index (κ3) is 4.10. The first-order chi connectivity index (χ1) is 12.8. The van der Waals surface area contributed by atoms with Gasteiger partial charge >= 0.3 is 0 Å². The Morgan fingerprint density at radius 1 is 0.704 bits per heavy atom. The van der Waals surface area contributed by atoms with E-state index >= 15 is 0 Å². The lowest BCUT2D eigenvalue weighted by atomic mass is 10.0. The van der Waals surface area contributed by atoms with E-state index in [1.165, 1.54) is 0 Å². The molecule has 0 fully saturated rings. The molecule has 4 nitrogen and oxygen atoms in total. The normalized spacial score (nSPS) is 16.4. The van der Waals surface area contributed by atoms with Crippen molar-refractivity contribution in [2.75, 3.05) is 0 Å². The second-order valence-corrected chi connectivity index (χ2v) is 9.37. The Bertz CT molecular complexity index is 741. The van der Waals surface area contributed by atoms with Gasteiger partial charge in [0.25, 0.3) is 0 Å². The van der Waals surface area contributed by atoms with E-state index < -0.39 is 19.7 Å². The van der Waals surface area contributed by atoms with Crippen molar-refractivity contribution in [1.82, 2.24) is 0 Å². The topological polar surface area (TPSA) is 74.6 Å². The number of aliphatic hydroxyl groups is 2. The van der Waals surface area contributed by atoms with Gasteiger partial charge in [-0.1, -0.05) is 87.4 Å². The molecule has 2 N–H and O–H groups in total. The summed E-state index contributed by atoms with van der Waals surface area (Å²) in [5.74, 6) is 0. The number of benzene rings is 2. The lowest BCUT2D eigenvalue weighted by Gasteiger charge is -2.38. The van der Waals surface area contributed by atoms with Gasteiger partial charge < -0.3 is 10.2 Å². The molecule has 0 spiro atoms. The fourth-order valence-corrected chi connectivity index (χ4v) is 5.65. The fraction of sp³-hybridized carbons (Fsp3) is 0.455. The fourth-order valence-electron chi connectivity index (χ4n) is 3.38. The van der Waals surface area contributed by atoms with Gasteiger partial charge in [-0.05, 0) is 36.8 Å². The van der Waals surface area contributed by atoms with E-state index in [-0.39, 0.29) is 12.8 Å².